The molecule has 0 fully saturated rings. The van der Waals surface area contributed by atoms with E-state index in [9.17, 15) is 0 Å². The van der Waals surface area contributed by atoms with E-state index in [4.69, 9.17) is 4.74 Å². The summed E-state index contributed by atoms with van der Waals surface area (Å²) in [6.45, 7) is 8.30. The predicted molar refractivity (Wildman–Crippen MR) is 67.8 cm³/mol. The Morgan fingerprint density at radius 2 is 2.00 bits per heavy atom. The normalized spacial score (nSPS) is 15.9. The smallest absolute Gasteiger partial charge is 0.118 e. The highest BCUT2D eigenvalue weighted by molar-refractivity contribution is 5.34. The lowest BCUT2D eigenvalue weighted by Crippen LogP contribution is -1.97. The zero-order chi connectivity index (χ0) is 11.7. The Morgan fingerprint density at radius 3 is 2.40 bits per heavy atom. The van der Waals surface area contributed by atoms with Crippen LogP contribution in [0.1, 0.15) is 47.0 Å². The molecular weight excluding hydrogens is 184 g/mol. The van der Waals surface area contributed by atoms with E-state index in [2.05, 4.69) is 32.1 Å². The van der Waals surface area contributed by atoms with Crippen LogP contribution in [0.25, 0.3) is 0 Å². The first-order valence-corrected chi connectivity index (χ1v) is 5.88. The van der Waals surface area contributed by atoms with Crippen LogP contribution in [0, 0.1) is 0 Å². The number of hydrogen-bond donors (Lipinski definition) is 0. The summed E-state index contributed by atoms with van der Waals surface area (Å²) in [4.78, 5) is 0. The molecule has 0 radical (unpaired) electrons. The molecule has 1 heteroatoms. The molecule has 0 N–H and O–H groups in total. The summed E-state index contributed by atoms with van der Waals surface area (Å²) < 4.78 is 5.33. The van der Waals surface area contributed by atoms with Crippen LogP contribution in [-0.2, 0) is 4.74 Å². The third kappa shape index (κ3) is 4.87. The minimum Gasteiger partial charge on any atom is -0.497 e. The van der Waals surface area contributed by atoms with Gasteiger partial charge in [0, 0.05) is 0 Å². The first-order chi connectivity index (χ1) is 7.27. The lowest BCUT2D eigenvalue weighted by molar-refractivity contribution is 0.296. The fourth-order valence-electron chi connectivity index (χ4n) is 1.48. The number of hydrogen-bond acceptors (Lipinski definition) is 1. The molecule has 0 saturated carbocycles. The molecule has 0 spiro atoms. The highest BCUT2D eigenvalue weighted by Crippen LogP contribution is 2.24. The molecule has 0 heterocycles. The van der Waals surface area contributed by atoms with Gasteiger partial charge in [-0.2, -0.15) is 0 Å². The zero-order valence-electron chi connectivity index (χ0n) is 10.8. The van der Waals surface area contributed by atoms with E-state index in [1.54, 1.807) is 7.11 Å². The Hall–Kier alpha value is -0.980. The van der Waals surface area contributed by atoms with E-state index in [1.165, 1.54) is 11.1 Å². The highest BCUT2D eigenvalue weighted by atomic mass is 16.5. The number of methoxy groups -OCH3 is 1. The standard InChI is InChI=1S/C12H18O.C2H6/c1-4-5-12(13-3)11-8-6-10(2)7-9-11;1-2/h5-6,8H,4,7,9H2,1-3H3;1-2H3/b12-5-;. The average molecular weight is 208 g/mol. The van der Waals surface area contributed by atoms with Crippen LogP contribution < -0.4 is 0 Å². The Bertz CT molecular complexity index is 257. The summed E-state index contributed by atoms with van der Waals surface area (Å²) in [7, 11) is 1.74. The monoisotopic (exact) mass is 208 g/mol. The van der Waals surface area contributed by atoms with E-state index in [0.717, 1.165) is 25.0 Å². The van der Waals surface area contributed by atoms with Crippen molar-refractivity contribution in [3.8, 4) is 0 Å². The second-order valence-corrected chi connectivity index (χ2v) is 3.39. The van der Waals surface area contributed by atoms with Gasteiger partial charge in [0.25, 0.3) is 0 Å². The SMILES string of the molecule is CC.CC/C=C(\OC)C1=CC=C(C)CC1. The molecular formula is C14H24O. The average Bonchev–Trinajstić information content (AvgIpc) is 2.30. The van der Waals surface area contributed by atoms with Crippen LogP contribution in [0.3, 0.4) is 0 Å². The van der Waals surface area contributed by atoms with Gasteiger partial charge >= 0.3 is 0 Å². The molecule has 0 bridgehead atoms. The van der Waals surface area contributed by atoms with Gasteiger partial charge in [0.15, 0.2) is 0 Å². The van der Waals surface area contributed by atoms with Crippen LogP contribution in [0.2, 0.25) is 0 Å². The summed E-state index contributed by atoms with van der Waals surface area (Å²) in [5.74, 6) is 1.05. The maximum Gasteiger partial charge on any atom is 0.118 e. The molecule has 1 aliphatic rings. The third-order valence-electron chi connectivity index (χ3n) is 2.28. The fraction of sp³-hybridized carbons (Fsp3) is 0.571. The van der Waals surface area contributed by atoms with Crippen molar-refractivity contribution in [2.75, 3.05) is 7.11 Å². The Morgan fingerprint density at radius 1 is 1.33 bits per heavy atom. The molecule has 15 heavy (non-hydrogen) atoms. The predicted octanol–water partition coefficient (Wildman–Crippen LogP) is 4.62. The van der Waals surface area contributed by atoms with E-state index in [-0.39, 0.29) is 0 Å². The molecule has 0 aromatic rings. The Labute approximate surface area is 94.5 Å². The van der Waals surface area contributed by atoms with E-state index >= 15 is 0 Å². The van der Waals surface area contributed by atoms with Crippen molar-refractivity contribution in [1.82, 2.24) is 0 Å². The number of allylic oxidation sites excluding steroid dienone is 5. The lowest BCUT2D eigenvalue weighted by Gasteiger charge is -2.14. The molecule has 0 aliphatic heterocycles. The van der Waals surface area contributed by atoms with Crippen molar-refractivity contribution in [3.05, 3.63) is 35.1 Å². The summed E-state index contributed by atoms with van der Waals surface area (Å²) in [5.41, 5.74) is 2.78. The van der Waals surface area contributed by atoms with Gasteiger partial charge in [0.05, 0.1) is 7.11 Å². The number of rotatable bonds is 3. The maximum atomic E-state index is 5.33. The molecule has 1 aliphatic carbocycles. The van der Waals surface area contributed by atoms with Crippen molar-refractivity contribution in [1.29, 1.82) is 0 Å². The van der Waals surface area contributed by atoms with Gasteiger partial charge in [0.2, 0.25) is 0 Å². The molecule has 0 aromatic carbocycles. The summed E-state index contributed by atoms with van der Waals surface area (Å²) >= 11 is 0. The second-order valence-electron chi connectivity index (χ2n) is 3.39. The minimum absolute atomic E-state index is 1.03. The van der Waals surface area contributed by atoms with Crippen LogP contribution in [0.5, 0.6) is 0 Å². The van der Waals surface area contributed by atoms with Crippen LogP contribution in [0.15, 0.2) is 35.1 Å². The molecule has 0 amide bonds. The molecule has 0 atom stereocenters. The van der Waals surface area contributed by atoms with Gasteiger partial charge < -0.3 is 4.74 Å². The Kier molecular flexibility index (Phi) is 7.79. The molecule has 1 nitrogen and oxygen atoms in total. The van der Waals surface area contributed by atoms with Gasteiger partial charge in [-0.3, -0.25) is 0 Å². The third-order valence-corrected chi connectivity index (χ3v) is 2.28. The Balaban J connectivity index is 0.000000921. The van der Waals surface area contributed by atoms with Gasteiger partial charge in [-0.25, -0.2) is 0 Å². The van der Waals surface area contributed by atoms with Gasteiger partial charge in [0.1, 0.15) is 5.76 Å². The van der Waals surface area contributed by atoms with Crippen LogP contribution in [0.4, 0.5) is 0 Å². The van der Waals surface area contributed by atoms with Crippen molar-refractivity contribution >= 4 is 0 Å². The molecule has 0 aromatic heterocycles. The molecule has 1 rings (SSSR count). The van der Waals surface area contributed by atoms with E-state index < -0.39 is 0 Å². The molecule has 86 valence electrons. The first kappa shape index (κ1) is 14.0. The summed E-state index contributed by atoms with van der Waals surface area (Å²) in [6, 6.07) is 0. The fourth-order valence-corrected chi connectivity index (χ4v) is 1.48. The minimum atomic E-state index is 1.03. The second kappa shape index (κ2) is 8.34. The molecule has 0 unspecified atom stereocenters. The summed E-state index contributed by atoms with van der Waals surface area (Å²) in [5, 5.41) is 0. The maximum absolute atomic E-state index is 5.33. The van der Waals surface area contributed by atoms with Crippen molar-refractivity contribution in [2.24, 2.45) is 0 Å². The quantitative estimate of drug-likeness (QED) is 0.615. The van der Waals surface area contributed by atoms with Gasteiger partial charge in [-0.15, -0.1) is 0 Å². The number of ether oxygens (including phenoxy) is 1. The summed E-state index contributed by atoms with van der Waals surface area (Å²) in [6.07, 6.45) is 9.80. The van der Waals surface area contributed by atoms with Crippen molar-refractivity contribution in [2.45, 2.75) is 47.0 Å². The zero-order valence-corrected chi connectivity index (χ0v) is 10.8. The largest absolute Gasteiger partial charge is 0.497 e. The van der Waals surface area contributed by atoms with Crippen molar-refractivity contribution < 1.29 is 4.74 Å². The van der Waals surface area contributed by atoms with E-state index in [1.807, 2.05) is 13.8 Å². The highest BCUT2D eigenvalue weighted by Gasteiger charge is 2.07. The van der Waals surface area contributed by atoms with Crippen LogP contribution in [-0.4, -0.2) is 7.11 Å². The first-order valence-electron chi connectivity index (χ1n) is 5.88. The topological polar surface area (TPSA) is 9.23 Å². The van der Waals surface area contributed by atoms with E-state index in [0.29, 0.717) is 0 Å². The van der Waals surface area contributed by atoms with Crippen LogP contribution >= 0.6 is 0 Å². The molecule has 0 saturated heterocycles. The van der Waals surface area contributed by atoms with Gasteiger partial charge in [-0.05, 0) is 37.8 Å². The lowest BCUT2D eigenvalue weighted by atomic mass is 9.98. The van der Waals surface area contributed by atoms with Crippen molar-refractivity contribution in [3.63, 3.8) is 0 Å². The van der Waals surface area contributed by atoms with Gasteiger partial charge in [-0.1, -0.05) is 38.5 Å².